The molecule has 0 atom stereocenters. The van der Waals surface area contributed by atoms with Crippen molar-refractivity contribution < 1.29 is 14.3 Å². The standard InChI is InChI=1S/C18H27NO3/c1-13(2)14-9-6-7-10-15(14)16(20)11-8-12-19-17(21)22-18(3,4)5/h6-7,9-10,13H,8,11-12H2,1-5H3,(H,19,21). The Bertz CT molecular complexity index is 515. The molecule has 0 saturated carbocycles. The van der Waals surface area contributed by atoms with Crippen molar-refractivity contribution in [3.8, 4) is 0 Å². The van der Waals surface area contributed by atoms with Gasteiger partial charge in [-0.1, -0.05) is 38.1 Å². The van der Waals surface area contributed by atoms with Crippen molar-refractivity contribution in [2.45, 2.75) is 59.0 Å². The van der Waals surface area contributed by atoms with Gasteiger partial charge in [0.1, 0.15) is 5.60 Å². The van der Waals surface area contributed by atoms with Crippen molar-refractivity contribution in [2.24, 2.45) is 0 Å². The van der Waals surface area contributed by atoms with Crippen LogP contribution in [-0.4, -0.2) is 24.0 Å². The maximum absolute atomic E-state index is 12.3. The van der Waals surface area contributed by atoms with Gasteiger partial charge >= 0.3 is 6.09 Å². The highest BCUT2D eigenvalue weighted by Crippen LogP contribution is 2.20. The number of ketones is 1. The van der Waals surface area contributed by atoms with Gasteiger partial charge in [0.05, 0.1) is 0 Å². The number of carbonyl (C=O) groups is 2. The van der Waals surface area contributed by atoms with Crippen LogP contribution in [0, 0.1) is 0 Å². The molecule has 0 heterocycles. The lowest BCUT2D eigenvalue weighted by Crippen LogP contribution is -2.33. The number of ether oxygens (including phenoxy) is 1. The number of nitrogens with one attached hydrogen (secondary N) is 1. The summed E-state index contributed by atoms with van der Waals surface area (Å²) in [5.41, 5.74) is 1.36. The van der Waals surface area contributed by atoms with Crippen molar-refractivity contribution in [1.29, 1.82) is 0 Å². The monoisotopic (exact) mass is 305 g/mol. The minimum absolute atomic E-state index is 0.121. The molecule has 0 unspecified atom stereocenters. The first-order valence-electron chi connectivity index (χ1n) is 7.79. The normalized spacial score (nSPS) is 11.4. The lowest BCUT2D eigenvalue weighted by Gasteiger charge is -2.19. The number of amides is 1. The van der Waals surface area contributed by atoms with Crippen LogP contribution in [0.25, 0.3) is 0 Å². The Kier molecular flexibility index (Phi) is 6.60. The second-order valence-corrected chi connectivity index (χ2v) is 6.70. The zero-order valence-corrected chi connectivity index (χ0v) is 14.2. The summed E-state index contributed by atoms with van der Waals surface area (Å²) in [5.74, 6) is 0.440. The van der Waals surface area contributed by atoms with Crippen LogP contribution in [0.1, 0.15) is 69.3 Å². The minimum Gasteiger partial charge on any atom is -0.444 e. The number of hydrogen-bond donors (Lipinski definition) is 1. The van der Waals surface area contributed by atoms with Crippen molar-refractivity contribution in [3.63, 3.8) is 0 Å². The molecule has 0 radical (unpaired) electrons. The van der Waals surface area contributed by atoms with E-state index in [0.717, 1.165) is 11.1 Å². The molecule has 0 saturated heterocycles. The van der Waals surface area contributed by atoms with Crippen LogP contribution in [0.2, 0.25) is 0 Å². The average Bonchev–Trinajstić information content (AvgIpc) is 2.41. The van der Waals surface area contributed by atoms with Crippen LogP contribution in [0.15, 0.2) is 24.3 Å². The van der Waals surface area contributed by atoms with Crippen molar-refractivity contribution in [2.75, 3.05) is 6.54 Å². The maximum atomic E-state index is 12.3. The largest absolute Gasteiger partial charge is 0.444 e. The van der Waals surface area contributed by atoms with Crippen molar-refractivity contribution in [1.82, 2.24) is 5.32 Å². The molecule has 1 rings (SSSR count). The minimum atomic E-state index is -0.504. The fourth-order valence-electron chi connectivity index (χ4n) is 2.14. The molecule has 4 heteroatoms. The molecule has 0 spiro atoms. The van der Waals surface area contributed by atoms with E-state index in [1.165, 1.54) is 0 Å². The van der Waals surface area contributed by atoms with E-state index in [4.69, 9.17) is 4.74 Å². The van der Waals surface area contributed by atoms with Crippen molar-refractivity contribution in [3.05, 3.63) is 35.4 Å². The molecule has 4 nitrogen and oxygen atoms in total. The van der Waals surface area contributed by atoms with E-state index in [1.807, 2.05) is 45.0 Å². The summed E-state index contributed by atoms with van der Waals surface area (Å²) in [6.07, 6.45) is 0.576. The van der Waals surface area contributed by atoms with Gasteiger partial charge in [-0.15, -0.1) is 0 Å². The Morgan fingerprint density at radius 1 is 1.18 bits per heavy atom. The Hall–Kier alpha value is -1.84. The Labute approximate surface area is 133 Å². The summed E-state index contributed by atoms with van der Waals surface area (Å²) in [7, 11) is 0. The highest BCUT2D eigenvalue weighted by atomic mass is 16.6. The first-order chi connectivity index (χ1) is 10.2. The van der Waals surface area contributed by atoms with Gasteiger partial charge in [0.2, 0.25) is 0 Å². The molecule has 22 heavy (non-hydrogen) atoms. The van der Waals surface area contributed by atoms with E-state index in [-0.39, 0.29) is 5.78 Å². The molecule has 0 aliphatic heterocycles. The van der Waals surface area contributed by atoms with Gasteiger partial charge < -0.3 is 10.1 Å². The third-order valence-corrected chi connectivity index (χ3v) is 3.13. The molecule has 1 aromatic rings. The Morgan fingerprint density at radius 3 is 2.41 bits per heavy atom. The van der Waals surface area contributed by atoms with E-state index in [2.05, 4.69) is 19.2 Å². The number of benzene rings is 1. The second kappa shape index (κ2) is 7.97. The Balaban J connectivity index is 2.43. The lowest BCUT2D eigenvalue weighted by atomic mass is 9.93. The summed E-state index contributed by atoms with van der Waals surface area (Å²) in [6.45, 7) is 10.0. The maximum Gasteiger partial charge on any atom is 0.407 e. The summed E-state index contributed by atoms with van der Waals surface area (Å²) < 4.78 is 5.14. The van der Waals surface area contributed by atoms with Crippen LogP contribution in [0.4, 0.5) is 4.79 Å². The fraction of sp³-hybridized carbons (Fsp3) is 0.556. The molecular formula is C18H27NO3. The molecule has 0 aliphatic rings. The highest BCUT2D eigenvalue weighted by Gasteiger charge is 2.16. The quantitative estimate of drug-likeness (QED) is 0.630. The molecule has 122 valence electrons. The van der Waals surface area contributed by atoms with Crippen LogP contribution in [-0.2, 0) is 4.74 Å². The summed E-state index contributed by atoms with van der Waals surface area (Å²) in [4.78, 5) is 23.8. The molecule has 0 bridgehead atoms. The van der Waals surface area contributed by atoms with Crippen LogP contribution in [0.3, 0.4) is 0 Å². The first kappa shape index (κ1) is 18.2. The third kappa shape index (κ3) is 6.29. The number of Topliss-reactive ketones (excluding diaryl/α,β-unsaturated/α-hetero) is 1. The predicted octanol–water partition coefficient (Wildman–Crippen LogP) is 4.30. The highest BCUT2D eigenvalue weighted by molar-refractivity contribution is 5.97. The van der Waals surface area contributed by atoms with Gasteiger partial charge in [0, 0.05) is 18.5 Å². The smallest absolute Gasteiger partial charge is 0.407 e. The van der Waals surface area contributed by atoms with Crippen LogP contribution < -0.4 is 5.32 Å². The van der Waals surface area contributed by atoms with Gasteiger partial charge in [-0.05, 0) is 38.7 Å². The fourth-order valence-corrected chi connectivity index (χ4v) is 2.14. The van der Waals surface area contributed by atoms with E-state index in [1.54, 1.807) is 0 Å². The zero-order valence-electron chi connectivity index (χ0n) is 14.2. The zero-order chi connectivity index (χ0) is 16.8. The number of rotatable bonds is 6. The van der Waals surface area contributed by atoms with Crippen molar-refractivity contribution >= 4 is 11.9 Å². The second-order valence-electron chi connectivity index (χ2n) is 6.70. The molecule has 0 aliphatic carbocycles. The molecule has 0 fully saturated rings. The van der Waals surface area contributed by atoms with Gasteiger partial charge in [0.25, 0.3) is 0 Å². The third-order valence-electron chi connectivity index (χ3n) is 3.13. The summed E-state index contributed by atoms with van der Waals surface area (Å²) >= 11 is 0. The molecule has 1 amide bonds. The first-order valence-corrected chi connectivity index (χ1v) is 7.79. The van der Waals surface area contributed by atoms with Gasteiger partial charge in [-0.2, -0.15) is 0 Å². The molecular weight excluding hydrogens is 278 g/mol. The number of carbonyl (C=O) groups excluding carboxylic acids is 2. The van der Waals surface area contributed by atoms with Gasteiger partial charge in [0.15, 0.2) is 5.78 Å². The SMILES string of the molecule is CC(C)c1ccccc1C(=O)CCCNC(=O)OC(C)(C)C. The van der Waals surface area contributed by atoms with Gasteiger partial charge in [-0.25, -0.2) is 4.79 Å². The van der Waals surface area contributed by atoms with E-state index in [0.29, 0.717) is 25.3 Å². The summed E-state index contributed by atoms with van der Waals surface area (Å²) in [6, 6.07) is 7.71. The summed E-state index contributed by atoms with van der Waals surface area (Å²) in [5, 5.41) is 2.67. The number of alkyl carbamates (subject to hydrolysis) is 1. The lowest BCUT2D eigenvalue weighted by molar-refractivity contribution is 0.0525. The average molecular weight is 305 g/mol. The van der Waals surface area contributed by atoms with E-state index in [9.17, 15) is 9.59 Å². The van der Waals surface area contributed by atoms with Gasteiger partial charge in [-0.3, -0.25) is 4.79 Å². The molecule has 1 N–H and O–H groups in total. The topological polar surface area (TPSA) is 55.4 Å². The molecule has 0 aromatic heterocycles. The predicted molar refractivity (Wildman–Crippen MR) is 88.3 cm³/mol. The van der Waals surface area contributed by atoms with Crippen LogP contribution in [0.5, 0.6) is 0 Å². The van der Waals surface area contributed by atoms with E-state index >= 15 is 0 Å². The number of hydrogen-bond acceptors (Lipinski definition) is 3. The van der Waals surface area contributed by atoms with Crippen LogP contribution >= 0.6 is 0 Å². The Morgan fingerprint density at radius 2 is 1.82 bits per heavy atom. The molecule has 1 aromatic carbocycles. The van der Waals surface area contributed by atoms with E-state index < -0.39 is 11.7 Å².